The van der Waals surface area contributed by atoms with Crippen molar-refractivity contribution in [2.45, 2.75) is 71.3 Å². The summed E-state index contributed by atoms with van der Waals surface area (Å²) in [6.45, 7) is 5.84. The van der Waals surface area contributed by atoms with Crippen LogP contribution in [0.1, 0.15) is 65.2 Å². The lowest BCUT2D eigenvalue weighted by molar-refractivity contribution is -0.143. The molecular formula is C16H30N2O. The third-order valence-corrected chi connectivity index (χ3v) is 4.70. The lowest BCUT2D eigenvalue weighted by Crippen LogP contribution is -2.49. The van der Waals surface area contributed by atoms with E-state index >= 15 is 0 Å². The van der Waals surface area contributed by atoms with Crippen LogP contribution in [0, 0.1) is 11.3 Å². The molecule has 2 fully saturated rings. The van der Waals surface area contributed by atoms with Gasteiger partial charge in [0.25, 0.3) is 0 Å². The lowest BCUT2D eigenvalue weighted by Gasteiger charge is -2.37. The molecule has 2 aliphatic rings. The standard InChI is InChI=1S/C16H30N2O/c1-3-9-16(12-17,10-4-2)15(19)18(14-7-8-14)11-13-5-6-13/h13-14H,3-12,17H2,1-2H3. The third-order valence-electron chi connectivity index (χ3n) is 4.70. The quantitative estimate of drug-likeness (QED) is 0.697. The zero-order chi connectivity index (χ0) is 13.9. The van der Waals surface area contributed by atoms with E-state index < -0.39 is 0 Å². The summed E-state index contributed by atoms with van der Waals surface area (Å²) in [5.74, 6) is 1.15. The van der Waals surface area contributed by atoms with E-state index in [0.717, 1.165) is 38.1 Å². The van der Waals surface area contributed by atoms with E-state index in [9.17, 15) is 4.79 Å². The average molecular weight is 266 g/mol. The van der Waals surface area contributed by atoms with Gasteiger partial charge in [0.2, 0.25) is 5.91 Å². The van der Waals surface area contributed by atoms with Gasteiger partial charge in [0.1, 0.15) is 0 Å². The van der Waals surface area contributed by atoms with Gasteiger partial charge in [0.05, 0.1) is 5.41 Å². The zero-order valence-electron chi connectivity index (χ0n) is 12.7. The van der Waals surface area contributed by atoms with Gasteiger partial charge in [-0.25, -0.2) is 0 Å². The molecule has 0 aliphatic heterocycles. The number of hydrogen-bond acceptors (Lipinski definition) is 2. The first kappa shape index (κ1) is 14.8. The van der Waals surface area contributed by atoms with Crippen molar-refractivity contribution in [3.63, 3.8) is 0 Å². The van der Waals surface area contributed by atoms with E-state index in [4.69, 9.17) is 5.73 Å². The van der Waals surface area contributed by atoms with E-state index in [-0.39, 0.29) is 5.41 Å². The highest BCUT2D eigenvalue weighted by molar-refractivity contribution is 5.83. The van der Waals surface area contributed by atoms with Crippen molar-refractivity contribution in [2.24, 2.45) is 17.1 Å². The van der Waals surface area contributed by atoms with Gasteiger partial charge in [-0.2, -0.15) is 0 Å². The fourth-order valence-corrected chi connectivity index (χ4v) is 3.25. The second kappa shape index (κ2) is 6.25. The predicted molar refractivity (Wildman–Crippen MR) is 78.8 cm³/mol. The monoisotopic (exact) mass is 266 g/mol. The van der Waals surface area contributed by atoms with Crippen molar-refractivity contribution in [2.75, 3.05) is 13.1 Å². The van der Waals surface area contributed by atoms with Crippen LogP contribution in [0.3, 0.4) is 0 Å². The summed E-state index contributed by atoms with van der Waals surface area (Å²) in [4.78, 5) is 15.3. The Bertz CT molecular complexity index is 302. The number of nitrogens with zero attached hydrogens (tertiary/aromatic N) is 1. The van der Waals surface area contributed by atoms with Gasteiger partial charge in [-0.3, -0.25) is 4.79 Å². The Hall–Kier alpha value is -0.570. The molecule has 0 radical (unpaired) electrons. The molecule has 0 spiro atoms. The minimum Gasteiger partial charge on any atom is -0.339 e. The molecule has 2 saturated carbocycles. The molecular weight excluding hydrogens is 236 g/mol. The van der Waals surface area contributed by atoms with Crippen LogP contribution in [-0.2, 0) is 4.79 Å². The Morgan fingerprint density at radius 2 is 1.74 bits per heavy atom. The summed E-state index contributed by atoms with van der Waals surface area (Å²) >= 11 is 0. The molecule has 3 nitrogen and oxygen atoms in total. The molecule has 2 N–H and O–H groups in total. The lowest BCUT2D eigenvalue weighted by atomic mass is 9.77. The summed E-state index contributed by atoms with van der Waals surface area (Å²) < 4.78 is 0. The molecule has 2 aliphatic carbocycles. The summed E-state index contributed by atoms with van der Waals surface area (Å²) in [5.41, 5.74) is 5.76. The Morgan fingerprint density at radius 1 is 1.16 bits per heavy atom. The third kappa shape index (κ3) is 3.50. The Morgan fingerprint density at radius 3 is 2.11 bits per heavy atom. The number of hydrogen-bond donors (Lipinski definition) is 1. The number of carbonyl (C=O) groups is 1. The normalized spacial score (nSPS) is 19.5. The molecule has 0 saturated heterocycles. The first-order valence-corrected chi connectivity index (χ1v) is 8.18. The summed E-state index contributed by atoms with van der Waals surface area (Å²) in [6, 6.07) is 0.535. The maximum absolute atomic E-state index is 13.1. The summed E-state index contributed by atoms with van der Waals surface area (Å²) in [6.07, 6.45) is 9.03. The molecule has 110 valence electrons. The molecule has 19 heavy (non-hydrogen) atoms. The molecule has 0 aromatic rings. The van der Waals surface area contributed by atoms with Crippen LogP contribution in [0.15, 0.2) is 0 Å². The van der Waals surface area contributed by atoms with Crippen molar-refractivity contribution in [1.82, 2.24) is 4.90 Å². The second-order valence-corrected chi connectivity index (χ2v) is 6.62. The van der Waals surface area contributed by atoms with Crippen LogP contribution in [-0.4, -0.2) is 29.9 Å². The Kier molecular flexibility index (Phi) is 4.88. The van der Waals surface area contributed by atoms with Gasteiger partial charge >= 0.3 is 0 Å². The largest absolute Gasteiger partial charge is 0.339 e. The van der Waals surface area contributed by atoms with Gasteiger partial charge < -0.3 is 10.6 Å². The van der Waals surface area contributed by atoms with Crippen LogP contribution >= 0.6 is 0 Å². The molecule has 0 aromatic heterocycles. The van der Waals surface area contributed by atoms with Gasteiger partial charge in [0, 0.05) is 19.1 Å². The molecule has 3 heteroatoms. The minimum absolute atomic E-state index is 0.277. The number of carbonyl (C=O) groups excluding carboxylic acids is 1. The molecule has 0 atom stereocenters. The van der Waals surface area contributed by atoms with Crippen LogP contribution in [0.4, 0.5) is 0 Å². The number of rotatable bonds is 9. The van der Waals surface area contributed by atoms with E-state index in [1.165, 1.54) is 25.7 Å². The van der Waals surface area contributed by atoms with Gasteiger partial charge in [-0.1, -0.05) is 26.7 Å². The first-order chi connectivity index (χ1) is 9.16. The molecule has 0 heterocycles. The van der Waals surface area contributed by atoms with E-state index in [0.29, 0.717) is 18.5 Å². The SMILES string of the molecule is CCCC(CN)(CCC)C(=O)N(CC1CC1)C1CC1. The van der Waals surface area contributed by atoms with Crippen molar-refractivity contribution in [3.8, 4) is 0 Å². The maximum Gasteiger partial charge on any atom is 0.230 e. The van der Waals surface area contributed by atoms with Gasteiger partial charge in [-0.15, -0.1) is 0 Å². The van der Waals surface area contributed by atoms with Crippen molar-refractivity contribution < 1.29 is 4.79 Å². The highest BCUT2D eigenvalue weighted by atomic mass is 16.2. The smallest absolute Gasteiger partial charge is 0.230 e. The molecule has 0 bridgehead atoms. The fraction of sp³-hybridized carbons (Fsp3) is 0.938. The topological polar surface area (TPSA) is 46.3 Å². The summed E-state index contributed by atoms with van der Waals surface area (Å²) in [5, 5.41) is 0. The van der Waals surface area contributed by atoms with Crippen molar-refractivity contribution in [1.29, 1.82) is 0 Å². The van der Waals surface area contributed by atoms with Crippen LogP contribution in [0.25, 0.3) is 0 Å². The minimum atomic E-state index is -0.277. The second-order valence-electron chi connectivity index (χ2n) is 6.62. The highest BCUT2D eigenvalue weighted by Crippen LogP contribution is 2.39. The van der Waals surface area contributed by atoms with E-state index in [1.54, 1.807) is 0 Å². The zero-order valence-corrected chi connectivity index (χ0v) is 12.7. The van der Waals surface area contributed by atoms with Crippen LogP contribution in [0.2, 0.25) is 0 Å². The van der Waals surface area contributed by atoms with Gasteiger partial charge in [-0.05, 0) is 44.4 Å². The van der Waals surface area contributed by atoms with E-state index in [2.05, 4.69) is 18.7 Å². The fourth-order valence-electron chi connectivity index (χ4n) is 3.25. The molecule has 1 amide bonds. The molecule has 2 rings (SSSR count). The highest BCUT2D eigenvalue weighted by Gasteiger charge is 2.44. The Labute approximate surface area is 117 Å². The maximum atomic E-state index is 13.1. The Balaban J connectivity index is 2.09. The predicted octanol–water partition coefficient (Wildman–Crippen LogP) is 2.93. The number of nitrogens with two attached hydrogens (primary N) is 1. The van der Waals surface area contributed by atoms with E-state index in [1.807, 2.05) is 0 Å². The van der Waals surface area contributed by atoms with Crippen LogP contribution in [0.5, 0.6) is 0 Å². The van der Waals surface area contributed by atoms with Crippen LogP contribution < -0.4 is 5.73 Å². The van der Waals surface area contributed by atoms with Crippen molar-refractivity contribution in [3.05, 3.63) is 0 Å². The first-order valence-electron chi connectivity index (χ1n) is 8.18. The average Bonchev–Trinajstić information content (AvgIpc) is 3.28. The number of amides is 1. The molecule has 0 unspecified atom stereocenters. The van der Waals surface area contributed by atoms with Gasteiger partial charge in [0.15, 0.2) is 0 Å². The summed E-state index contributed by atoms with van der Waals surface area (Å²) in [7, 11) is 0. The van der Waals surface area contributed by atoms with Crippen molar-refractivity contribution >= 4 is 5.91 Å². The molecule has 0 aromatic carbocycles.